The Morgan fingerprint density at radius 1 is 1.26 bits per heavy atom. The Morgan fingerprint density at radius 2 is 2.05 bits per heavy atom. The molecule has 2 heterocycles. The minimum Gasteiger partial charge on any atom is -0.389 e. The number of thiazole rings is 1. The number of hydrogen-bond donors (Lipinski definition) is 1. The maximum Gasteiger partial charge on any atom is 0.193 e. The van der Waals surface area contributed by atoms with Crippen molar-refractivity contribution in [3.63, 3.8) is 0 Å². The third-order valence-electron chi connectivity index (χ3n) is 3.13. The lowest BCUT2D eigenvalue weighted by Gasteiger charge is -2.22. The number of aromatic nitrogens is 2. The van der Waals surface area contributed by atoms with Gasteiger partial charge in [-0.3, -0.25) is 4.40 Å². The van der Waals surface area contributed by atoms with Gasteiger partial charge in [0.05, 0.1) is 11.3 Å². The van der Waals surface area contributed by atoms with Crippen LogP contribution in [0.3, 0.4) is 0 Å². The van der Waals surface area contributed by atoms with E-state index in [1.165, 1.54) is 0 Å². The predicted molar refractivity (Wildman–Crippen MR) is 77.5 cm³/mol. The van der Waals surface area contributed by atoms with E-state index in [2.05, 4.69) is 4.98 Å². The molecule has 4 heteroatoms. The van der Waals surface area contributed by atoms with Crippen LogP contribution in [0.4, 0.5) is 0 Å². The van der Waals surface area contributed by atoms with E-state index in [4.69, 9.17) is 0 Å². The van der Waals surface area contributed by atoms with Crippen LogP contribution in [0.1, 0.15) is 18.2 Å². The molecule has 0 spiro atoms. The van der Waals surface area contributed by atoms with E-state index in [0.717, 1.165) is 16.2 Å². The molecule has 3 rings (SSSR count). The fraction of sp³-hybridized carbons (Fsp3) is 0.267. The van der Waals surface area contributed by atoms with Crippen molar-refractivity contribution >= 4 is 16.3 Å². The Balaban J connectivity index is 1.75. The average molecular weight is 272 g/mol. The highest BCUT2D eigenvalue weighted by Gasteiger charge is 2.23. The quantitative estimate of drug-likeness (QED) is 0.793. The molecule has 1 N–H and O–H groups in total. The third kappa shape index (κ3) is 2.85. The van der Waals surface area contributed by atoms with Gasteiger partial charge in [0.2, 0.25) is 0 Å². The molecule has 0 amide bonds. The van der Waals surface area contributed by atoms with Gasteiger partial charge in [-0.2, -0.15) is 0 Å². The molecule has 98 valence electrons. The van der Waals surface area contributed by atoms with Crippen molar-refractivity contribution in [1.82, 2.24) is 9.38 Å². The second-order valence-electron chi connectivity index (χ2n) is 5.16. The summed E-state index contributed by atoms with van der Waals surface area (Å²) < 4.78 is 2.00. The van der Waals surface area contributed by atoms with Gasteiger partial charge in [0.25, 0.3) is 0 Å². The molecular formula is C15H16N2OS. The fourth-order valence-electron chi connectivity index (χ4n) is 2.35. The standard InChI is InChI=1S/C15H16N2OS/c1-15(18,9-12-5-3-2-4-6-12)10-13-11-17-7-8-19-14(17)16-13/h2-8,11,18H,9-10H2,1H3. The monoisotopic (exact) mass is 272 g/mol. The summed E-state index contributed by atoms with van der Waals surface area (Å²) in [7, 11) is 0. The van der Waals surface area contributed by atoms with Gasteiger partial charge in [0.1, 0.15) is 0 Å². The highest BCUT2D eigenvalue weighted by atomic mass is 32.1. The van der Waals surface area contributed by atoms with E-state index in [0.29, 0.717) is 12.8 Å². The van der Waals surface area contributed by atoms with Crippen LogP contribution in [0.5, 0.6) is 0 Å². The maximum atomic E-state index is 10.5. The van der Waals surface area contributed by atoms with E-state index in [9.17, 15) is 5.11 Å². The Kier molecular flexibility index (Phi) is 3.12. The minimum atomic E-state index is -0.772. The van der Waals surface area contributed by atoms with Crippen LogP contribution in [-0.4, -0.2) is 20.1 Å². The van der Waals surface area contributed by atoms with E-state index in [1.54, 1.807) is 11.3 Å². The van der Waals surface area contributed by atoms with Crippen molar-refractivity contribution in [3.8, 4) is 0 Å². The van der Waals surface area contributed by atoms with Crippen LogP contribution in [-0.2, 0) is 12.8 Å². The number of nitrogens with zero attached hydrogens (tertiary/aromatic N) is 2. The maximum absolute atomic E-state index is 10.5. The summed E-state index contributed by atoms with van der Waals surface area (Å²) >= 11 is 1.61. The van der Waals surface area contributed by atoms with Crippen LogP contribution in [0, 0.1) is 0 Å². The van der Waals surface area contributed by atoms with Gasteiger partial charge in [0, 0.05) is 30.6 Å². The molecule has 0 aliphatic carbocycles. The Labute approximate surface area is 116 Å². The van der Waals surface area contributed by atoms with Gasteiger partial charge in [-0.15, -0.1) is 11.3 Å². The van der Waals surface area contributed by atoms with Crippen molar-refractivity contribution in [1.29, 1.82) is 0 Å². The summed E-state index contributed by atoms with van der Waals surface area (Å²) in [6.45, 7) is 1.87. The number of benzene rings is 1. The zero-order chi connectivity index (χ0) is 13.3. The van der Waals surface area contributed by atoms with Gasteiger partial charge in [-0.1, -0.05) is 30.3 Å². The summed E-state index contributed by atoms with van der Waals surface area (Å²) in [6.07, 6.45) is 5.18. The first-order valence-electron chi connectivity index (χ1n) is 6.30. The molecule has 3 aromatic rings. The Hall–Kier alpha value is -1.65. The highest BCUT2D eigenvalue weighted by Crippen LogP contribution is 2.20. The molecule has 1 aromatic carbocycles. The van der Waals surface area contributed by atoms with E-state index >= 15 is 0 Å². The zero-order valence-electron chi connectivity index (χ0n) is 10.8. The summed E-state index contributed by atoms with van der Waals surface area (Å²) in [6, 6.07) is 10.1. The molecule has 1 atom stereocenters. The molecule has 0 saturated heterocycles. The van der Waals surface area contributed by atoms with Crippen LogP contribution >= 0.6 is 11.3 Å². The van der Waals surface area contributed by atoms with E-state index in [1.807, 2.05) is 59.4 Å². The first-order chi connectivity index (χ1) is 9.12. The Morgan fingerprint density at radius 3 is 2.79 bits per heavy atom. The lowest BCUT2D eigenvalue weighted by Crippen LogP contribution is -2.30. The molecule has 19 heavy (non-hydrogen) atoms. The van der Waals surface area contributed by atoms with Gasteiger partial charge in [-0.05, 0) is 12.5 Å². The first-order valence-corrected chi connectivity index (χ1v) is 7.18. The summed E-state index contributed by atoms with van der Waals surface area (Å²) in [4.78, 5) is 5.50. The number of rotatable bonds is 4. The van der Waals surface area contributed by atoms with Crippen LogP contribution in [0.25, 0.3) is 4.96 Å². The lowest BCUT2D eigenvalue weighted by molar-refractivity contribution is 0.0600. The van der Waals surface area contributed by atoms with Crippen molar-refractivity contribution in [2.75, 3.05) is 0 Å². The molecule has 3 nitrogen and oxygen atoms in total. The van der Waals surface area contributed by atoms with Gasteiger partial charge in [-0.25, -0.2) is 4.98 Å². The van der Waals surface area contributed by atoms with Crippen molar-refractivity contribution in [3.05, 3.63) is 59.4 Å². The topological polar surface area (TPSA) is 37.5 Å². The second kappa shape index (κ2) is 4.79. The van der Waals surface area contributed by atoms with Crippen LogP contribution in [0.15, 0.2) is 48.1 Å². The van der Waals surface area contributed by atoms with E-state index < -0.39 is 5.60 Å². The molecule has 0 saturated carbocycles. The highest BCUT2D eigenvalue weighted by molar-refractivity contribution is 7.15. The third-order valence-corrected chi connectivity index (χ3v) is 3.90. The molecule has 0 aliphatic rings. The number of hydrogen-bond acceptors (Lipinski definition) is 3. The molecule has 2 aromatic heterocycles. The predicted octanol–water partition coefficient (Wildman–Crippen LogP) is 2.93. The largest absolute Gasteiger partial charge is 0.389 e. The Bertz CT molecular complexity index is 641. The van der Waals surface area contributed by atoms with Crippen molar-refractivity contribution < 1.29 is 5.11 Å². The molecule has 0 aliphatic heterocycles. The van der Waals surface area contributed by atoms with Gasteiger partial charge in [0.15, 0.2) is 4.96 Å². The molecule has 0 radical (unpaired) electrons. The number of fused-ring (bicyclic) bond motifs is 1. The lowest BCUT2D eigenvalue weighted by atomic mass is 9.92. The summed E-state index contributed by atoms with van der Waals surface area (Å²) in [5.41, 5.74) is 1.31. The van der Waals surface area contributed by atoms with Crippen LogP contribution in [0.2, 0.25) is 0 Å². The molecule has 0 fully saturated rings. The smallest absolute Gasteiger partial charge is 0.193 e. The molecule has 0 bridgehead atoms. The average Bonchev–Trinajstić information content (AvgIpc) is 2.89. The number of imidazole rings is 1. The minimum absolute atomic E-state index is 0.566. The fourth-order valence-corrected chi connectivity index (χ4v) is 3.07. The van der Waals surface area contributed by atoms with Crippen molar-refractivity contribution in [2.24, 2.45) is 0 Å². The zero-order valence-corrected chi connectivity index (χ0v) is 11.6. The SMILES string of the molecule is CC(O)(Cc1ccccc1)Cc1cn2ccsc2n1. The summed E-state index contributed by atoms with van der Waals surface area (Å²) in [5.74, 6) is 0. The summed E-state index contributed by atoms with van der Waals surface area (Å²) in [5, 5.41) is 12.5. The molecular weight excluding hydrogens is 256 g/mol. The number of aliphatic hydroxyl groups is 1. The van der Waals surface area contributed by atoms with Gasteiger partial charge >= 0.3 is 0 Å². The van der Waals surface area contributed by atoms with Crippen LogP contribution < -0.4 is 0 Å². The normalized spacial score (nSPS) is 14.6. The van der Waals surface area contributed by atoms with Crippen molar-refractivity contribution in [2.45, 2.75) is 25.4 Å². The van der Waals surface area contributed by atoms with E-state index in [-0.39, 0.29) is 0 Å². The first kappa shape index (κ1) is 12.4. The second-order valence-corrected chi connectivity index (χ2v) is 6.03. The van der Waals surface area contributed by atoms with Gasteiger partial charge < -0.3 is 5.11 Å². The molecule has 1 unspecified atom stereocenters.